The van der Waals surface area contributed by atoms with Crippen molar-refractivity contribution in [2.75, 3.05) is 6.61 Å². The maximum absolute atomic E-state index is 12.2. The lowest BCUT2D eigenvalue weighted by Gasteiger charge is -2.17. The Morgan fingerprint density at radius 1 is 1.11 bits per heavy atom. The number of hydrogen-bond acceptors (Lipinski definition) is 6. The van der Waals surface area contributed by atoms with Crippen LogP contribution >= 0.6 is 8.25 Å². The molecule has 9 nitrogen and oxygen atoms in total. The smallest absolute Gasteiger partial charge is 0.322 e. The average molecular weight is 405 g/mol. The molecule has 0 aliphatic carbocycles. The van der Waals surface area contributed by atoms with Gasteiger partial charge in [0.05, 0.1) is 11.0 Å². The number of H-pyrrole nitrogens is 1. The zero-order valence-corrected chi connectivity index (χ0v) is 16.7. The van der Waals surface area contributed by atoms with Gasteiger partial charge >= 0.3 is 13.9 Å². The molecule has 1 aromatic rings. The molecule has 1 aromatic carbocycles. The molecular formula is C18H22N4O5P+. The summed E-state index contributed by atoms with van der Waals surface area (Å²) in [7, 11) is -2.54. The van der Waals surface area contributed by atoms with Crippen molar-refractivity contribution in [3.8, 4) is 11.5 Å². The molecule has 0 amide bonds. The first kappa shape index (κ1) is 20.3. The highest BCUT2D eigenvalue weighted by Crippen LogP contribution is 2.24. The fourth-order valence-corrected chi connectivity index (χ4v) is 3.43. The molecule has 10 heteroatoms. The highest BCUT2D eigenvalue weighted by molar-refractivity contribution is 7.32. The summed E-state index contributed by atoms with van der Waals surface area (Å²) in [6.07, 6.45) is 3.18. The monoisotopic (exact) mass is 405 g/mol. The number of aromatic nitrogens is 4. The van der Waals surface area contributed by atoms with Gasteiger partial charge in [-0.1, -0.05) is 12.8 Å². The number of benzene rings is 1. The van der Waals surface area contributed by atoms with E-state index in [0.29, 0.717) is 18.5 Å². The Morgan fingerprint density at radius 3 is 2.57 bits per heavy atom. The van der Waals surface area contributed by atoms with E-state index in [1.54, 1.807) is 0 Å². The summed E-state index contributed by atoms with van der Waals surface area (Å²) in [5.41, 5.74) is 2.58. The lowest BCUT2D eigenvalue weighted by molar-refractivity contribution is 0.273. The van der Waals surface area contributed by atoms with Crippen molar-refractivity contribution >= 4 is 19.3 Å². The van der Waals surface area contributed by atoms with Gasteiger partial charge in [-0.2, -0.15) is 4.98 Å². The second-order valence-corrected chi connectivity index (χ2v) is 7.45. The van der Waals surface area contributed by atoms with Crippen LogP contribution in [0.25, 0.3) is 22.6 Å². The van der Waals surface area contributed by atoms with E-state index in [9.17, 15) is 14.2 Å². The van der Waals surface area contributed by atoms with E-state index in [4.69, 9.17) is 4.89 Å². The van der Waals surface area contributed by atoms with Crippen molar-refractivity contribution in [3.05, 3.63) is 44.1 Å². The number of fused-ring (bicyclic) bond motifs is 2. The van der Waals surface area contributed by atoms with Crippen LogP contribution in [0.4, 0.5) is 0 Å². The molecule has 2 aliphatic heterocycles. The third-order valence-electron chi connectivity index (χ3n) is 4.70. The van der Waals surface area contributed by atoms with Crippen LogP contribution in [0.15, 0.2) is 21.7 Å². The predicted molar refractivity (Wildman–Crippen MR) is 105 cm³/mol. The summed E-state index contributed by atoms with van der Waals surface area (Å²) >= 11 is 0. The largest absolute Gasteiger partial charge is 0.694 e. The first-order valence-corrected chi connectivity index (χ1v) is 10.2. The van der Waals surface area contributed by atoms with Crippen molar-refractivity contribution in [1.29, 1.82) is 0 Å². The van der Waals surface area contributed by atoms with Crippen LogP contribution in [0.2, 0.25) is 0 Å². The lowest BCUT2D eigenvalue weighted by atomic mass is 10.1. The van der Waals surface area contributed by atoms with Crippen LogP contribution < -0.4 is 11.2 Å². The van der Waals surface area contributed by atoms with E-state index in [1.165, 1.54) is 0 Å². The molecule has 0 saturated heterocycles. The molecule has 148 valence electrons. The average Bonchev–Trinajstić information content (AvgIpc) is 2.62. The van der Waals surface area contributed by atoms with Crippen LogP contribution in [-0.4, -0.2) is 31.0 Å². The number of hydrogen-bond donors (Lipinski definition) is 2. The number of rotatable bonds is 8. The molecule has 2 aliphatic rings. The summed E-state index contributed by atoms with van der Waals surface area (Å²) < 4.78 is 17.0. The Labute approximate surface area is 161 Å². The molecule has 2 N–H and O–H groups in total. The first-order valence-electron chi connectivity index (χ1n) is 9.07. The Bertz CT molecular complexity index is 1110. The molecule has 0 saturated carbocycles. The van der Waals surface area contributed by atoms with E-state index in [2.05, 4.69) is 19.5 Å². The molecular weight excluding hydrogens is 383 g/mol. The van der Waals surface area contributed by atoms with Gasteiger partial charge in [0.2, 0.25) is 0 Å². The Kier molecular flexibility index (Phi) is 6.28. The Balaban J connectivity index is 1.90. The third-order valence-corrected chi connectivity index (χ3v) is 5.11. The van der Waals surface area contributed by atoms with E-state index >= 15 is 0 Å². The molecule has 0 spiro atoms. The minimum absolute atomic E-state index is 0.149. The number of nitrogens with one attached hydrogen (secondary N) is 1. The van der Waals surface area contributed by atoms with Crippen molar-refractivity contribution < 1.29 is 14.0 Å². The summed E-state index contributed by atoms with van der Waals surface area (Å²) in [6, 6.07) is 3.93. The summed E-state index contributed by atoms with van der Waals surface area (Å²) in [5, 5.41) is 0. The quantitative estimate of drug-likeness (QED) is 0.335. The zero-order chi connectivity index (χ0) is 20.3. The number of aromatic amines is 1. The first-order chi connectivity index (χ1) is 13.4. The maximum Gasteiger partial charge on any atom is 0.694 e. The van der Waals surface area contributed by atoms with E-state index in [0.717, 1.165) is 35.9 Å². The molecule has 1 atom stereocenters. The lowest BCUT2D eigenvalue weighted by Crippen LogP contribution is -2.29. The molecule has 2 heterocycles. The molecule has 0 bridgehead atoms. The van der Waals surface area contributed by atoms with Crippen molar-refractivity contribution in [3.63, 3.8) is 0 Å². The zero-order valence-electron chi connectivity index (χ0n) is 15.8. The predicted octanol–water partition coefficient (Wildman–Crippen LogP) is 2.43. The fourth-order valence-electron chi connectivity index (χ4n) is 3.14. The SMILES string of the molecule is Cc1cc2nc3c(=O)[nH]c(=O)nc-3n(CCCCCCO[P+](=O)O)c2cc1C. The molecule has 3 rings (SSSR count). The van der Waals surface area contributed by atoms with Gasteiger partial charge in [-0.15, -0.1) is 9.42 Å². The molecule has 0 radical (unpaired) electrons. The number of nitrogens with zero attached hydrogens (tertiary/aromatic N) is 3. The maximum atomic E-state index is 12.2. The Hall–Kier alpha value is -2.48. The normalized spacial score (nSPS) is 12.0. The van der Waals surface area contributed by atoms with Gasteiger partial charge in [0, 0.05) is 11.1 Å². The second-order valence-electron chi connectivity index (χ2n) is 6.72. The van der Waals surface area contributed by atoms with Gasteiger partial charge in [-0.3, -0.25) is 9.78 Å². The van der Waals surface area contributed by atoms with Crippen LogP contribution in [0, 0.1) is 13.8 Å². The van der Waals surface area contributed by atoms with Crippen molar-refractivity contribution in [1.82, 2.24) is 19.5 Å². The highest BCUT2D eigenvalue weighted by atomic mass is 31.1. The Morgan fingerprint density at radius 2 is 1.82 bits per heavy atom. The van der Waals surface area contributed by atoms with Crippen LogP contribution in [0.5, 0.6) is 0 Å². The third kappa shape index (κ3) is 4.49. The van der Waals surface area contributed by atoms with Gasteiger partial charge in [0.25, 0.3) is 5.56 Å². The van der Waals surface area contributed by atoms with Gasteiger partial charge in [0.1, 0.15) is 6.61 Å². The molecule has 28 heavy (non-hydrogen) atoms. The number of unbranched alkanes of at least 4 members (excludes halogenated alkanes) is 3. The van der Waals surface area contributed by atoms with Gasteiger partial charge in [-0.25, -0.2) is 9.78 Å². The van der Waals surface area contributed by atoms with E-state index in [1.807, 2.05) is 30.5 Å². The summed E-state index contributed by atoms with van der Waals surface area (Å²) in [4.78, 5) is 43.2. The number of aryl methyl sites for hydroxylation is 3. The van der Waals surface area contributed by atoms with Crippen LogP contribution in [-0.2, 0) is 15.6 Å². The minimum atomic E-state index is -2.54. The van der Waals surface area contributed by atoms with Crippen LogP contribution in [0.3, 0.4) is 0 Å². The van der Waals surface area contributed by atoms with Crippen LogP contribution in [0.1, 0.15) is 36.8 Å². The van der Waals surface area contributed by atoms with Gasteiger partial charge in [0.15, 0.2) is 11.5 Å². The standard InChI is InChI=1S/C18H21N4O5P/c1-11-9-13-14(10-12(11)2)22(7-5-3-4-6-8-27-28(25)26)16-15(19-13)17(23)21-18(24)20-16/h9-10H,3-8H2,1-2H3,(H-,21,23,24,25,26)/p+1. The minimum Gasteiger partial charge on any atom is -0.322 e. The fraction of sp³-hybridized carbons (Fsp3) is 0.444. The van der Waals surface area contributed by atoms with E-state index < -0.39 is 19.5 Å². The molecule has 0 aromatic heterocycles. The van der Waals surface area contributed by atoms with Gasteiger partial charge < -0.3 is 4.57 Å². The summed E-state index contributed by atoms with van der Waals surface area (Å²) in [5.74, 6) is 0.283. The second kappa shape index (κ2) is 8.68. The topological polar surface area (TPSA) is 127 Å². The van der Waals surface area contributed by atoms with E-state index in [-0.39, 0.29) is 18.1 Å². The molecule has 0 fully saturated rings. The van der Waals surface area contributed by atoms with Crippen molar-refractivity contribution in [2.24, 2.45) is 0 Å². The molecule has 1 unspecified atom stereocenters. The highest BCUT2D eigenvalue weighted by Gasteiger charge is 2.19. The van der Waals surface area contributed by atoms with Crippen molar-refractivity contribution in [2.45, 2.75) is 46.1 Å². The van der Waals surface area contributed by atoms with Gasteiger partial charge in [-0.05, 0) is 49.9 Å². The summed E-state index contributed by atoms with van der Waals surface area (Å²) in [6.45, 7) is 4.80.